The monoisotopic (exact) mass is 369 g/mol. The molecule has 5 nitrogen and oxygen atoms in total. The fourth-order valence-corrected chi connectivity index (χ4v) is 2.86. The smallest absolute Gasteiger partial charge is 0.282 e. The zero-order valence-corrected chi connectivity index (χ0v) is 16.1. The predicted octanol–water partition coefficient (Wildman–Crippen LogP) is 2.39. The third kappa shape index (κ3) is 4.09. The standard InChI is InChI=1S/C17H22Cl2N4O/c1-10-16(11(2)23(5)21-10)20-17(24)12(3)22(4)9-13-6-7-14(18)15(19)8-13/h6-8,12H,9H2,1-5H3,(H,20,24)/p+1/t12-/m1/s1. The highest BCUT2D eigenvalue weighted by Gasteiger charge is 2.24. The van der Waals surface area contributed by atoms with Gasteiger partial charge in [0.15, 0.2) is 6.04 Å². The van der Waals surface area contributed by atoms with Crippen molar-refractivity contribution >= 4 is 34.8 Å². The van der Waals surface area contributed by atoms with Gasteiger partial charge in [-0.3, -0.25) is 9.48 Å². The summed E-state index contributed by atoms with van der Waals surface area (Å²) >= 11 is 12.0. The van der Waals surface area contributed by atoms with E-state index in [1.54, 1.807) is 10.7 Å². The van der Waals surface area contributed by atoms with Crippen LogP contribution >= 0.6 is 23.2 Å². The molecule has 0 radical (unpaired) electrons. The highest BCUT2D eigenvalue weighted by molar-refractivity contribution is 6.42. The minimum Gasteiger partial charge on any atom is -0.324 e. The summed E-state index contributed by atoms with van der Waals surface area (Å²) in [7, 11) is 3.85. The molecule has 0 fully saturated rings. The molecule has 1 aromatic carbocycles. The number of rotatable bonds is 5. The highest BCUT2D eigenvalue weighted by Crippen LogP contribution is 2.22. The fourth-order valence-electron chi connectivity index (χ4n) is 2.53. The number of carbonyl (C=O) groups excluding carboxylic acids is 1. The van der Waals surface area contributed by atoms with Gasteiger partial charge in [-0.2, -0.15) is 5.10 Å². The quantitative estimate of drug-likeness (QED) is 0.849. The summed E-state index contributed by atoms with van der Waals surface area (Å²) in [6, 6.07) is 5.32. The molecule has 1 heterocycles. The van der Waals surface area contributed by atoms with Crippen LogP contribution in [-0.2, 0) is 18.4 Å². The number of aromatic nitrogens is 2. The van der Waals surface area contributed by atoms with E-state index in [0.29, 0.717) is 16.6 Å². The number of hydrogen-bond acceptors (Lipinski definition) is 2. The Balaban J connectivity index is 2.05. The molecule has 0 aliphatic rings. The molecule has 1 unspecified atom stereocenters. The first-order valence-electron chi connectivity index (χ1n) is 7.78. The number of hydrogen-bond donors (Lipinski definition) is 2. The van der Waals surface area contributed by atoms with Gasteiger partial charge in [0.2, 0.25) is 0 Å². The number of carbonyl (C=O) groups is 1. The van der Waals surface area contributed by atoms with E-state index in [2.05, 4.69) is 10.4 Å². The Morgan fingerprint density at radius 2 is 2.00 bits per heavy atom. The van der Waals surface area contributed by atoms with Crippen LogP contribution in [0, 0.1) is 13.8 Å². The molecular weight excluding hydrogens is 347 g/mol. The van der Waals surface area contributed by atoms with E-state index in [-0.39, 0.29) is 11.9 Å². The molecule has 24 heavy (non-hydrogen) atoms. The zero-order valence-electron chi connectivity index (χ0n) is 14.6. The van der Waals surface area contributed by atoms with Crippen molar-refractivity contribution in [1.82, 2.24) is 9.78 Å². The first-order chi connectivity index (χ1) is 11.2. The molecule has 0 aliphatic heterocycles. The van der Waals surface area contributed by atoms with Crippen molar-refractivity contribution in [2.75, 3.05) is 12.4 Å². The second kappa shape index (κ2) is 7.55. The van der Waals surface area contributed by atoms with Gasteiger partial charge in [0.05, 0.1) is 34.2 Å². The van der Waals surface area contributed by atoms with Crippen molar-refractivity contribution in [1.29, 1.82) is 0 Å². The van der Waals surface area contributed by atoms with Crippen molar-refractivity contribution in [2.24, 2.45) is 7.05 Å². The molecular formula is C17H23Cl2N4O+. The van der Waals surface area contributed by atoms with Crippen LogP contribution in [0.4, 0.5) is 5.69 Å². The van der Waals surface area contributed by atoms with Crippen molar-refractivity contribution in [3.05, 3.63) is 45.2 Å². The van der Waals surface area contributed by atoms with Gasteiger partial charge in [-0.15, -0.1) is 0 Å². The van der Waals surface area contributed by atoms with Gasteiger partial charge in [-0.25, -0.2) is 0 Å². The van der Waals surface area contributed by atoms with Crippen LogP contribution in [0.2, 0.25) is 10.0 Å². The maximum absolute atomic E-state index is 12.6. The lowest BCUT2D eigenvalue weighted by molar-refractivity contribution is -0.907. The van der Waals surface area contributed by atoms with Gasteiger partial charge in [-0.1, -0.05) is 29.3 Å². The van der Waals surface area contributed by atoms with Gasteiger partial charge in [0.1, 0.15) is 6.54 Å². The average molecular weight is 370 g/mol. The van der Waals surface area contributed by atoms with E-state index in [9.17, 15) is 4.79 Å². The molecule has 1 amide bonds. The number of nitrogens with one attached hydrogen (secondary N) is 2. The lowest BCUT2D eigenvalue weighted by Crippen LogP contribution is -3.12. The maximum Gasteiger partial charge on any atom is 0.282 e. The average Bonchev–Trinajstić information content (AvgIpc) is 2.76. The molecule has 7 heteroatoms. The molecule has 2 atom stereocenters. The lowest BCUT2D eigenvalue weighted by Gasteiger charge is -2.21. The van der Waals surface area contributed by atoms with E-state index in [0.717, 1.165) is 27.5 Å². The number of amides is 1. The van der Waals surface area contributed by atoms with Gasteiger partial charge in [-0.05, 0) is 32.9 Å². The highest BCUT2D eigenvalue weighted by atomic mass is 35.5. The zero-order chi connectivity index (χ0) is 18.0. The molecule has 1 aromatic heterocycles. The molecule has 0 saturated heterocycles. The summed E-state index contributed by atoms with van der Waals surface area (Å²) in [6.45, 7) is 6.41. The summed E-state index contributed by atoms with van der Waals surface area (Å²) < 4.78 is 1.77. The van der Waals surface area contributed by atoms with Crippen LogP contribution in [0.1, 0.15) is 23.9 Å². The summed E-state index contributed by atoms with van der Waals surface area (Å²) in [5.41, 5.74) is 3.58. The topological polar surface area (TPSA) is 51.4 Å². The minimum atomic E-state index is -0.224. The number of quaternary nitrogens is 1. The second-order valence-electron chi connectivity index (χ2n) is 6.15. The van der Waals surface area contributed by atoms with Crippen molar-refractivity contribution in [2.45, 2.75) is 33.4 Å². The van der Waals surface area contributed by atoms with Gasteiger partial charge < -0.3 is 10.2 Å². The molecule has 2 aromatic rings. The van der Waals surface area contributed by atoms with Crippen LogP contribution in [0.15, 0.2) is 18.2 Å². The SMILES string of the molecule is Cc1nn(C)c(C)c1NC(=O)[C@@H](C)[NH+](C)Cc1ccc(Cl)c(Cl)c1. The van der Waals surface area contributed by atoms with Crippen LogP contribution in [0.25, 0.3) is 0 Å². The first kappa shape index (κ1) is 18.8. The van der Waals surface area contributed by atoms with E-state index in [1.165, 1.54) is 0 Å². The number of benzene rings is 1. The number of anilines is 1. The molecule has 2 N–H and O–H groups in total. The Bertz CT molecular complexity index is 757. The Kier molecular flexibility index (Phi) is 5.91. The van der Waals surface area contributed by atoms with E-state index in [1.807, 2.05) is 47.0 Å². The minimum absolute atomic E-state index is 0.0354. The number of aryl methyl sites for hydroxylation is 2. The third-order valence-electron chi connectivity index (χ3n) is 4.36. The molecule has 0 saturated carbocycles. The Morgan fingerprint density at radius 1 is 1.33 bits per heavy atom. The molecule has 2 rings (SSSR count). The number of nitrogens with zero attached hydrogens (tertiary/aromatic N) is 2. The number of likely N-dealkylation sites (N-methyl/N-ethyl adjacent to an activating group) is 1. The fraction of sp³-hybridized carbons (Fsp3) is 0.412. The third-order valence-corrected chi connectivity index (χ3v) is 5.10. The molecule has 130 valence electrons. The predicted molar refractivity (Wildman–Crippen MR) is 97.8 cm³/mol. The van der Waals surface area contributed by atoms with Gasteiger partial charge >= 0.3 is 0 Å². The number of halogens is 2. The molecule has 0 spiro atoms. The maximum atomic E-state index is 12.6. The summed E-state index contributed by atoms with van der Waals surface area (Å²) in [5.74, 6) is -0.0354. The summed E-state index contributed by atoms with van der Waals surface area (Å²) in [4.78, 5) is 13.6. The molecule has 0 aliphatic carbocycles. The summed E-state index contributed by atoms with van der Waals surface area (Å²) in [5, 5.41) is 8.38. The van der Waals surface area contributed by atoms with Crippen LogP contribution < -0.4 is 10.2 Å². The second-order valence-corrected chi connectivity index (χ2v) is 6.97. The van der Waals surface area contributed by atoms with Crippen molar-refractivity contribution in [3.63, 3.8) is 0 Å². The van der Waals surface area contributed by atoms with Crippen molar-refractivity contribution in [3.8, 4) is 0 Å². The Hall–Kier alpha value is -1.56. The Morgan fingerprint density at radius 3 is 2.54 bits per heavy atom. The first-order valence-corrected chi connectivity index (χ1v) is 8.53. The van der Waals surface area contributed by atoms with Crippen molar-refractivity contribution < 1.29 is 9.69 Å². The lowest BCUT2D eigenvalue weighted by atomic mass is 10.2. The normalized spacial score (nSPS) is 13.6. The van der Waals surface area contributed by atoms with Gasteiger partial charge in [0, 0.05) is 12.6 Å². The summed E-state index contributed by atoms with van der Waals surface area (Å²) in [6.07, 6.45) is 0. The van der Waals surface area contributed by atoms with Gasteiger partial charge in [0.25, 0.3) is 5.91 Å². The largest absolute Gasteiger partial charge is 0.324 e. The Labute approximate surface area is 152 Å². The van der Waals surface area contributed by atoms with E-state index in [4.69, 9.17) is 23.2 Å². The van der Waals surface area contributed by atoms with E-state index < -0.39 is 0 Å². The van der Waals surface area contributed by atoms with Crippen LogP contribution in [0.5, 0.6) is 0 Å². The van der Waals surface area contributed by atoms with Crippen LogP contribution in [-0.4, -0.2) is 28.8 Å². The van der Waals surface area contributed by atoms with Crippen LogP contribution in [0.3, 0.4) is 0 Å². The molecule has 0 bridgehead atoms. The van der Waals surface area contributed by atoms with E-state index >= 15 is 0 Å².